The van der Waals surface area contributed by atoms with Gasteiger partial charge in [0.1, 0.15) is 6.61 Å². The number of rotatable bonds is 4. The number of hydrogen-bond acceptors (Lipinski definition) is 3. The molecule has 1 aliphatic rings. The highest BCUT2D eigenvalue weighted by atomic mass is 16.6. The van der Waals surface area contributed by atoms with Crippen LogP contribution in [0.4, 0.5) is 4.79 Å². The monoisotopic (exact) mass is 394 g/mol. The molecule has 2 aromatic carbocycles. The van der Waals surface area contributed by atoms with Gasteiger partial charge in [-0.2, -0.15) is 0 Å². The molecule has 1 N–H and O–H groups in total. The Morgan fingerprint density at radius 2 is 1.62 bits per heavy atom. The van der Waals surface area contributed by atoms with Gasteiger partial charge in [-0.05, 0) is 41.5 Å². The van der Waals surface area contributed by atoms with Crippen LogP contribution in [0.2, 0.25) is 0 Å². The fourth-order valence-electron chi connectivity index (χ4n) is 3.41. The fourth-order valence-corrected chi connectivity index (χ4v) is 3.41. The van der Waals surface area contributed by atoms with Gasteiger partial charge in [0.25, 0.3) is 5.91 Å². The highest BCUT2D eigenvalue weighted by molar-refractivity contribution is 5.94. The molecule has 0 saturated carbocycles. The molecule has 1 aliphatic heterocycles. The number of amides is 2. The maximum Gasteiger partial charge on any atom is 0.410 e. The fraction of sp³-hybridized carbons (Fsp3) is 0.417. The molecule has 1 heterocycles. The molecule has 5 heteroatoms. The molecule has 0 bridgehead atoms. The second kappa shape index (κ2) is 9.12. The largest absolute Gasteiger partial charge is 0.445 e. The average molecular weight is 395 g/mol. The Balaban J connectivity index is 1.44. The standard InChI is InChI=1S/C24H30N2O3/c1-24(2,3)20-11-9-19(10-12-20)22(27)25-21-13-15-26(16-14-21)23(28)29-17-18-7-5-4-6-8-18/h4-12,21H,13-17H2,1-3H3,(H,25,27). The van der Waals surface area contributed by atoms with Crippen molar-refractivity contribution in [2.75, 3.05) is 13.1 Å². The topological polar surface area (TPSA) is 58.6 Å². The summed E-state index contributed by atoms with van der Waals surface area (Å²) in [5, 5.41) is 3.09. The van der Waals surface area contributed by atoms with Gasteiger partial charge in [0.15, 0.2) is 0 Å². The molecule has 0 spiro atoms. The highest BCUT2D eigenvalue weighted by Crippen LogP contribution is 2.22. The van der Waals surface area contributed by atoms with E-state index >= 15 is 0 Å². The molecule has 29 heavy (non-hydrogen) atoms. The van der Waals surface area contributed by atoms with Crippen molar-refractivity contribution in [1.82, 2.24) is 10.2 Å². The lowest BCUT2D eigenvalue weighted by molar-refractivity contribution is 0.0809. The maximum absolute atomic E-state index is 12.5. The van der Waals surface area contributed by atoms with Crippen LogP contribution < -0.4 is 5.32 Å². The van der Waals surface area contributed by atoms with Crippen LogP contribution in [0.1, 0.15) is 55.1 Å². The minimum absolute atomic E-state index is 0.0597. The van der Waals surface area contributed by atoms with Crippen LogP contribution in [0.15, 0.2) is 54.6 Å². The number of nitrogens with one attached hydrogen (secondary N) is 1. The van der Waals surface area contributed by atoms with E-state index in [2.05, 4.69) is 26.1 Å². The number of piperidine rings is 1. The zero-order valence-corrected chi connectivity index (χ0v) is 17.5. The number of nitrogens with zero attached hydrogens (tertiary/aromatic N) is 1. The predicted molar refractivity (Wildman–Crippen MR) is 114 cm³/mol. The van der Waals surface area contributed by atoms with Crippen molar-refractivity contribution >= 4 is 12.0 Å². The number of ether oxygens (including phenoxy) is 1. The van der Waals surface area contributed by atoms with Gasteiger partial charge in [-0.15, -0.1) is 0 Å². The number of hydrogen-bond donors (Lipinski definition) is 1. The first kappa shape index (κ1) is 20.9. The SMILES string of the molecule is CC(C)(C)c1ccc(C(=O)NC2CCN(C(=O)OCc3ccccc3)CC2)cc1. The predicted octanol–water partition coefficient (Wildman–Crippen LogP) is 4.52. The summed E-state index contributed by atoms with van der Waals surface area (Å²) < 4.78 is 5.39. The molecule has 3 rings (SSSR count). The van der Waals surface area contributed by atoms with Gasteiger partial charge >= 0.3 is 6.09 Å². The van der Waals surface area contributed by atoms with Crippen LogP contribution in [-0.4, -0.2) is 36.0 Å². The smallest absolute Gasteiger partial charge is 0.410 e. The minimum Gasteiger partial charge on any atom is -0.445 e. The molecule has 0 unspecified atom stereocenters. The van der Waals surface area contributed by atoms with Crippen molar-refractivity contribution in [2.45, 2.75) is 51.7 Å². The third-order valence-electron chi connectivity index (χ3n) is 5.31. The molecule has 5 nitrogen and oxygen atoms in total. The Bertz CT molecular complexity index is 817. The van der Waals surface area contributed by atoms with Crippen LogP contribution in [-0.2, 0) is 16.8 Å². The lowest BCUT2D eigenvalue weighted by Crippen LogP contribution is -2.46. The molecular weight excluding hydrogens is 364 g/mol. The molecule has 0 radical (unpaired) electrons. The quantitative estimate of drug-likeness (QED) is 0.830. The van der Waals surface area contributed by atoms with Gasteiger partial charge in [-0.25, -0.2) is 4.79 Å². The van der Waals surface area contributed by atoms with Crippen molar-refractivity contribution in [3.63, 3.8) is 0 Å². The Kier molecular flexibility index (Phi) is 6.57. The van der Waals surface area contributed by atoms with Gasteiger partial charge in [0.2, 0.25) is 0 Å². The Labute approximate surface area is 173 Å². The van der Waals surface area contributed by atoms with E-state index in [-0.39, 0.29) is 30.1 Å². The van der Waals surface area contributed by atoms with Crippen molar-refractivity contribution in [3.8, 4) is 0 Å². The van der Waals surface area contributed by atoms with Gasteiger partial charge in [-0.1, -0.05) is 63.2 Å². The van der Waals surface area contributed by atoms with Crippen LogP contribution in [0.25, 0.3) is 0 Å². The highest BCUT2D eigenvalue weighted by Gasteiger charge is 2.25. The summed E-state index contributed by atoms with van der Waals surface area (Å²) in [6.07, 6.45) is 1.16. The summed E-state index contributed by atoms with van der Waals surface area (Å²) in [5.41, 5.74) is 2.91. The van der Waals surface area contributed by atoms with Crippen LogP contribution >= 0.6 is 0 Å². The van der Waals surface area contributed by atoms with E-state index < -0.39 is 0 Å². The number of benzene rings is 2. The Morgan fingerprint density at radius 3 is 2.21 bits per heavy atom. The van der Waals surface area contributed by atoms with E-state index in [1.807, 2.05) is 54.6 Å². The zero-order valence-electron chi connectivity index (χ0n) is 17.5. The van der Waals surface area contributed by atoms with Crippen molar-refractivity contribution in [3.05, 3.63) is 71.3 Å². The van der Waals surface area contributed by atoms with E-state index in [4.69, 9.17) is 4.74 Å². The van der Waals surface area contributed by atoms with E-state index in [1.54, 1.807) is 4.90 Å². The van der Waals surface area contributed by atoms with Crippen molar-refractivity contribution in [2.24, 2.45) is 0 Å². The molecule has 0 atom stereocenters. The Hall–Kier alpha value is -2.82. The van der Waals surface area contributed by atoms with E-state index in [9.17, 15) is 9.59 Å². The van der Waals surface area contributed by atoms with E-state index in [0.29, 0.717) is 18.7 Å². The summed E-state index contributed by atoms with van der Waals surface area (Å²) in [6, 6.07) is 17.5. The third kappa shape index (κ3) is 5.83. The van der Waals surface area contributed by atoms with Gasteiger partial charge in [0, 0.05) is 24.7 Å². The summed E-state index contributed by atoms with van der Waals surface area (Å²) >= 11 is 0. The molecular formula is C24H30N2O3. The average Bonchev–Trinajstić information content (AvgIpc) is 2.73. The summed E-state index contributed by atoms with van der Waals surface area (Å²) in [6.45, 7) is 7.91. The van der Waals surface area contributed by atoms with Crippen LogP contribution in [0.3, 0.4) is 0 Å². The molecule has 2 amide bonds. The van der Waals surface area contributed by atoms with Crippen molar-refractivity contribution in [1.29, 1.82) is 0 Å². The molecule has 2 aromatic rings. The summed E-state index contributed by atoms with van der Waals surface area (Å²) in [5.74, 6) is -0.0597. The van der Waals surface area contributed by atoms with E-state index in [0.717, 1.165) is 18.4 Å². The number of carbonyl (C=O) groups excluding carboxylic acids is 2. The third-order valence-corrected chi connectivity index (χ3v) is 5.31. The molecule has 154 valence electrons. The van der Waals surface area contributed by atoms with E-state index in [1.165, 1.54) is 5.56 Å². The number of likely N-dealkylation sites (tertiary alicyclic amines) is 1. The van der Waals surface area contributed by atoms with Gasteiger partial charge < -0.3 is 15.0 Å². The first-order valence-corrected chi connectivity index (χ1v) is 10.2. The zero-order chi connectivity index (χ0) is 20.9. The normalized spacial score (nSPS) is 15.1. The molecule has 0 aromatic heterocycles. The molecule has 0 aliphatic carbocycles. The maximum atomic E-state index is 12.5. The van der Waals surface area contributed by atoms with Gasteiger partial charge in [-0.3, -0.25) is 4.79 Å². The first-order valence-electron chi connectivity index (χ1n) is 10.2. The second-order valence-corrected chi connectivity index (χ2v) is 8.60. The summed E-state index contributed by atoms with van der Waals surface area (Å²) in [4.78, 5) is 26.5. The van der Waals surface area contributed by atoms with Crippen molar-refractivity contribution < 1.29 is 14.3 Å². The number of carbonyl (C=O) groups is 2. The Morgan fingerprint density at radius 1 is 1.00 bits per heavy atom. The van der Waals surface area contributed by atoms with Crippen LogP contribution in [0.5, 0.6) is 0 Å². The van der Waals surface area contributed by atoms with Gasteiger partial charge in [0.05, 0.1) is 0 Å². The minimum atomic E-state index is -0.295. The summed E-state index contributed by atoms with van der Waals surface area (Å²) in [7, 11) is 0. The molecule has 1 fully saturated rings. The van der Waals surface area contributed by atoms with Crippen LogP contribution in [0, 0.1) is 0 Å². The first-order chi connectivity index (χ1) is 13.8. The molecule has 1 saturated heterocycles. The lowest BCUT2D eigenvalue weighted by Gasteiger charge is -2.31. The lowest BCUT2D eigenvalue weighted by atomic mass is 9.86. The second-order valence-electron chi connectivity index (χ2n) is 8.60.